The average molecular weight is 271 g/mol. The Labute approximate surface area is 111 Å². The minimum atomic E-state index is -2.81. The minimum Gasteiger partial charge on any atom is -0.434 e. The highest BCUT2D eigenvalue weighted by Crippen LogP contribution is 2.29. The first kappa shape index (κ1) is 14.2. The Balaban J connectivity index is 1.92. The maximum Gasteiger partial charge on any atom is 0.387 e. The second kappa shape index (κ2) is 6.30. The fourth-order valence-electron chi connectivity index (χ4n) is 2.36. The summed E-state index contributed by atoms with van der Waals surface area (Å²) in [6.07, 6.45) is 1.46. The lowest BCUT2D eigenvalue weighted by atomic mass is 9.82. The van der Waals surface area contributed by atoms with Crippen LogP contribution in [0, 0.1) is 5.92 Å². The van der Waals surface area contributed by atoms with Crippen LogP contribution in [0.25, 0.3) is 0 Å². The number of rotatable bonds is 6. The van der Waals surface area contributed by atoms with Gasteiger partial charge in [0.25, 0.3) is 0 Å². The molecule has 1 unspecified atom stereocenters. The van der Waals surface area contributed by atoms with Crippen molar-refractivity contribution in [1.29, 1.82) is 0 Å². The second-order valence-corrected chi connectivity index (χ2v) is 5.04. The molecular formula is C14H19F2NO2. The van der Waals surface area contributed by atoms with Crippen LogP contribution < -0.4 is 10.1 Å². The number of aliphatic hydroxyl groups excluding tert-OH is 1. The molecule has 5 heteroatoms. The van der Waals surface area contributed by atoms with Crippen molar-refractivity contribution >= 4 is 0 Å². The first-order chi connectivity index (χ1) is 9.06. The van der Waals surface area contributed by atoms with Crippen molar-refractivity contribution in [3.63, 3.8) is 0 Å². The first-order valence-corrected chi connectivity index (χ1v) is 6.51. The van der Waals surface area contributed by atoms with Crippen molar-refractivity contribution < 1.29 is 18.6 Å². The number of aliphatic hydroxyl groups is 1. The van der Waals surface area contributed by atoms with Crippen molar-refractivity contribution in [1.82, 2.24) is 5.32 Å². The molecule has 106 valence electrons. The average Bonchev–Trinajstić information content (AvgIpc) is 2.33. The van der Waals surface area contributed by atoms with E-state index in [1.54, 1.807) is 24.3 Å². The molecule has 19 heavy (non-hydrogen) atoms. The van der Waals surface area contributed by atoms with Gasteiger partial charge in [-0.2, -0.15) is 8.78 Å². The molecule has 0 amide bonds. The predicted octanol–water partition coefficient (Wildman–Crippen LogP) is 2.71. The molecule has 0 aromatic heterocycles. The maximum absolute atomic E-state index is 12.3. The van der Waals surface area contributed by atoms with Crippen LogP contribution >= 0.6 is 0 Å². The monoisotopic (exact) mass is 271 g/mol. The van der Waals surface area contributed by atoms with E-state index in [-0.39, 0.29) is 17.9 Å². The van der Waals surface area contributed by atoms with Gasteiger partial charge in [0.15, 0.2) is 0 Å². The number of para-hydroxylation sites is 1. The summed E-state index contributed by atoms with van der Waals surface area (Å²) >= 11 is 0. The number of hydrogen-bond acceptors (Lipinski definition) is 3. The lowest BCUT2D eigenvalue weighted by Crippen LogP contribution is -2.37. The molecule has 2 rings (SSSR count). The summed E-state index contributed by atoms with van der Waals surface area (Å²) in [5, 5.41) is 12.5. The highest BCUT2D eigenvalue weighted by Gasteiger charge is 2.27. The largest absolute Gasteiger partial charge is 0.434 e. The van der Waals surface area contributed by atoms with Crippen LogP contribution in [0.1, 0.15) is 31.4 Å². The van der Waals surface area contributed by atoms with Gasteiger partial charge < -0.3 is 15.2 Å². The molecule has 1 aliphatic rings. The third-order valence-electron chi connectivity index (χ3n) is 3.53. The summed E-state index contributed by atoms with van der Waals surface area (Å²) in [5.74, 6) is 0.687. The van der Waals surface area contributed by atoms with Gasteiger partial charge in [-0.05, 0) is 38.3 Å². The predicted molar refractivity (Wildman–Crippen MR) is 68.2 cm³/mol. The third kappa shape index (κ3) is 3.88. The van der Waals surface area contributed by atoms with Gasteiger partial charge >= 0.3 is 6.61 Å². The van der Waals surface area contributed by atoms with E-state index in [2.05, 4.69) is 10.1 Å². The fraction of sp³-hybridized carbons (Fsp3) is 0.571. The lowest BCUT2D eigenvalue weighted by Gasteiger charge is -2.32. The molecule has 1 atom stereocenters. The summed E-state index contributed by atoms with van der Waals surface area (Å²) in [5.41, 5.74) is 0.725. The number of halogens is 2. The lowest BCUT2D eigenvalue weighted by molar-refractivity contribution is -0.0507. The second-order valence-electron chi connectivity index (χ2n) is 5.04. The molecule has 1 aromatic carbocycles. The quantitative estimate of drug-likeness (QED) is 0.836. The van der Waals surface area contributed by atoms with E-state index in [0.717, 1.165) is 24.9 Å². The molecule has 0 bridgehead atoms. The maximum atomic E-state index is 12.3. The van der Waals surface area contributed by atoms with Crippen LogP contribution in [-0.4, -0.2) is 24.4 Å². The first-order valence-electron chi connectivity index (χ1n) is 6.51. The molecule has 1 aliphatic carbocycles. The Hall–Kier alpha value is -1.20. The highest BCUT2D eigenvalue weighted by atomic mass is 19.3. The Morgan fingerprint density at radius 1 is 1.37 bits per heavy atom. The number of ether oxygens (including phenoxy) is 1. The van der Waals surface area contributed by atoms with Gasteiger partial charge in [-0.3, -0.25) is 0 Å². The van der Waals surface area contributed by atoms with Crippen LogP contribution in [0.2, 0.25) is 0 Å². The topological polar surface area (TPSA) is 41.5 Å². The van der Waals surface area contributed by atoms with Gasteiger partial charge in [0, 0.05) is 11.6 Å². The highest BCUT2D eigenvalue weighted by molar-refractivity contribution is 5.35. The normalized spacial score (nSPS) is 24.1. The molecule has 2 N–H and O–H groups in total. The molecule has 3 nitrogen and oxygen atoms in total. The molecular weight excluding hydrogens is 252 g/mol. The molecule has 1 fully saturated rings. The molecule has 0 aliphatic heterocycles. The van der Waals surface area contributed by atoms with Gasteiger partial charge in [0.05, 0.1) is 6.10 Å². The summed E-state index contributed by atoms with van der Waals surface area (Å²) in [6.45, 7) is -0.112. The van der Waals surface area contributed by atoms with Crippen molar-refractivity contribution in [3.05, 3.63) is 29.8 Å². The Bertz CT molecular complexity index is 408. The SMILES string of the molecule is CC(NCC1CC(O)C1)c1ccccc1OC(F)F. The van der Waals surface area contributed by atoms with Crippen LogP contribution in [0.15, 0.2) is 24.3 Å². The summed E-state index contributed by atoms with van der Waals surface area (Å²) < 4.78 is 29.1. The van der Waals surface area contributed by atoms with E-state index < -0.39 is 6.61 Å². The zero-order valence-corrected chi connectivity index (χ0v) is 10.9. The van der Waals surface area contributed by atoms with Crippen LogP contribution in [0.5, 0.6) is 5.75 Å². The number of benzene rings is 1. The molecule has 0 radical (unpaired) electrons. The standard InChI is InChI=1S/C14H19F2NO2/c1-9(17-8-10-6-11(18)7-10)12-4-2-3-5-13(12)19-14(15)16/h2-5,9-11,14,17-18H,6-8H2,1H3. The van der Waals surface area contributed by atoms with Gasteiger partial charge in [-0.25, -0.2) is 0 Å². The minimum absolute atomic E-state index is 0.0623. The van der Waals surface area contributed by atoms with Gasteiger partial charge in [0.2, 0.25) is 0 Å². The van der Waals surface area contributed by atoms with E-state index in [1.165, 1.54) is 0 Å². The Morgan fingerprint density at radius 3 is 2.68 bits per heavy atom. The molecule has 0 saturated heterocycles. The van der Waals surface area contributed by atoms with Crippen molar-refractivity contribution in [2.75, 3.05) is 6.54 Å². The van der Waals surface area contributed by atoms with Crippen molar-refractivity contribution in [3.8, 4) is 5.75 Å². The van der Waals surface area contributed by atoms with Gasteiger partial charge in [0.1, 0.15) is 5.75 Å². The van der Waals surface area contributed by atoms with Crippen LogP contribution in [-0.2, 0) is 0 Å². The summed E-state index contributed by atoms with van der Waals surface area (Å²) in [6, 6.07) is 6.75. The third-order valence-corrected chi connectivity index (χ3v) is 3.53. The zero-order valence-electron chi connectivity index (χ0n) is 10.9. The van der Waals surface area contributed by atoms with E-state index in [4.69, 9.17) is 0 Å². The number of hydrogen-bond donors (Lipinski definition) is 2. The van der Waals surface area contributed by atoms with Crippen molar-refractivity contribution in [2.45, 2.75) is 38.5 Å². The van der Waals surface area contributed by atoms with E-state index in [9.17, 15) is 13.9 Å². The molecule has 0 heterocycles. The Morgan fingerprint density at radius 2 is 2.05 bits per heavy atom. The van der Waals surface area contributed by atoms with Crippen LogP contribution in [0.4, 0.5) is 8.78 Å². The summed E-state index contributed by atoms with van der Waals surface area (Å²) in [7, 11) is 0. The van der Waals surface area contributed by atoms with E-state index >= 15 is 0 Å². The van der Waals surface area contributed by atoms with E-state index in [1.807, 2.05) is 6.92 Å². The zero-order chi connectivity index (χ0) is 13.8. The van der Waals surface area contributed by atoms with Crippen LogP contribution in [0.3, 0.4) is 0 Å². The molecule has 1 aromatic rings. The summed E-state index contributed by atoms with van der Waals surface area (Å²) in [4.78, 5) is 0. The van der Waals surface area contributed by atoms with Gasteiger partial charge in [-0.15, -0.1) is 0 Å². The van der Waals surface area contributed by atoms with E-state index in [0.29, 0.717) is 5.92 Å². The number of alkyl halides is 2. The molecule has 1 saturated carbocycles. The molecule has 0 spiro atoms. The van der Waals surface area contributed by atoms with Gasteiger partial charge in [-0.1, -0.05) is 18.2 Å². The van der Waals surface area contributed by atoms with Crippen molar-refractivity contribution in [2.24, 2.45) is 5.92 Å². The number of nitrogens with one attached hydrogen (secondary N) is 1. The fourth-order valence-corrected chi connectivity index (χ4v) is 2.36. The Kier molecular flexibility index (Phi) is 4.71. The smallest absolute Gasteiger partial charge is 0.387 e.